The highest BCUT2D eigenvalue weighted by Gasteiger charge is 2.11. The van der Waals surface area contributed by atoms with E-state index in [1.807, 2.05) is 6.07 Å². The lowest BCUT2D eigenvalue weighted by molar-refractivity contribution is 0.0690. The van der Waals surface area contributed by atoms with Gasteiger partial charge in [-0.2, -0.15) is 0 Å². The van der Waals surface area contributed by atoms with Crippen LogP contribution in [0.25, 0.3) is 0 Å². The lowest BCUT2D eigenvalue weighted by Gasteiger charge is -2.05. The van der Waals surface area contributed by atoms with Crippen molar-refractivity contribution in [2.45, 2.75) is 29.9 Å². The number of aryl methyl sites for hydroxylation is 2. The normalized spacial score (nSPS) is 13.2. The highest BCUT2D eigenvalue weighted by atomic mass is 32.2. The van der Waals surface area contributed by atoms with Gasteiger partial charge in [0.1, 0.15) is 5.69 Å². The molecule has 0 atom stereocenters. The van der Waals surface area contributed by atoms with E-state index in [-0.39, 0.29) is 5.69 Å². The number of hydrogen-bond acceptors (Lipinski definition) is 3. The van der Waals surface area contributed by atoms with Crippen molar-refractivity contribution < 1.29 is 9.90 Å². The first-order valence-corrected chi connectivity index (χ1v) is 7.64. The van der Waals surface area contributed by atoms with Crippen LogP contribution in [0.4, 0.5) is 0 Å². The number of carboxylic acid groups (broad SMARTS) is 1. The molecule has 0 bridgehead atoms. The van der Waals surface area contributed by atoms with Crippen molar-refractivity contribution in [3.63, 3.8) is 0 Å². The van der Waals surface area contributed by atoms with Crippen LogP contribution < -0.4 is 0 Å². The molecule has 1 aliphatic carbocycles. The molecule has 0 radical (unpaired) electrons. The molecule has 4 heteroatoms. The molecule has 20 heavy (non-hydrogen) atoms. The molecule has 1 aliphatic rings. The van der Waals surface area contributed by atoms with E-state index >= 15 is 0 Å². The summed E-state index contributed by atoms with van der Waals surface area (Å²) in [4.78, 5) is 15.7. The molecular weight excluding hydrogens is 270 g/mol. The Morgan fingerprint density at radius 1 is 1.20 bits per heavy atom. The highest BCUT2D eigenvalue weighted by Crippen LogP contribution is 2.27. The minimum absolute atomic E-state index is 0.101. The van der Waals surface area contributed by atoms with Gasteiger partial charge in [-0.1, -0.05) is 18.2 Å². The van der Waals surface area contributed by atoms with E-state index in [0.717, 1.165) is 10.6 Å². The molecule has 102 valence electrons. The quantitative estimate of drug-likeness (QED) is 0.873. The van der Waals surface area contributed by atoms with Gasteiger partial charge in [0.2, 0.25) is 0 Å². The molecular formula is C16H15NO2S. The summed E-state index contributed by atoms with van der Waals surface area (Å²) in [5, 5.41) is 8.93. The standard InChI is InChI=1S/C16H15NO2S/c18-16(19)15-9-14(6-7-17-15)20-10-11-4-5-12-2-1-3-13(12)8-11/h4-9H,1-3,10H2,(H,18,19). The second-order valence-electron chi connectivity index (χ2n) is 4.93. The Bertz CT molecular complexity index is 655. The fraction of sp³-hybridized carbons (Fsp3) is 0.250. The van der Waals surface area contributed by atoms with Gasteiger partial charge >= 0.3 is 5.97 Å². The van der Waals surface area contributed by atoms with Crippen molar-refractivity contribution in [2.75, 3.05) is 0 Å². The van der Waals surface area contributed by atoms with E-state index in [2.05, 4.69) is 23.2 Å². The number of rotatable bonds is 4. The van der Waals surface area contributed by atoms with Gasteiger partial charge < -0.3 is 5.11 Å². The summed E-state index contributed by atoms with van der Waals surface area (Å²) >= 11 is 1.65. The first-order chi connectivity index (χ1) is 9.72. The number of hydrogen-bond donors (Lipinski definition) is 1. The van der Waals surface area contributed by atoms with Crippen LogP contribution in [-0.2, 0) is 18.6 Å². The summed E-state index contributed by atoms with van der Waals surface area (Å²) < 4.78 is 0. The molecule has 3 rings (SSSR count). The molecule has 1 aromatic carbocycles. The second kappa shape index (κ2) is 5.67. The van der Waals surface area contributed by atoms with Crippen molar-refractivity contribution >= 4 is 17.7 Å². The molecule has 3 nitrogen and oxygen atoms in total. The molecule has 0 saturated carbocycles. The Hall–Kier alpha value is -1.81. The number of fused-ring (bicyclic) bond motifs is 1. The van der Waals surface area contributed by atoms with E-state index in [9.17, 15) is 4.79 Å². The van der Waals surface area contributed by atoms with Gasteiger partial charge in [-0.05, 0) is 48.1 Å². The number of aromatic carboxylic acids is 1. The van der Waals surface area contributed by atoms with Crippen molar-refractivity contribution in [2.24, 2.45) is 0 Å². The van der Waals surface area contributed by atoms with Gasteiger partial charge in [0.15, 0.2) is 0 Å². The number of aromatic nitrogens is 1. The highest BCUT2D eigenvalue weighted by molar-refractivity contribution is 7.98. The Kier molecular flexibility index (Phi) is 3.74. The zero-order chi connectivity index (χ0) is 13.9. The topological polar surface area (TPSA) is 50.2 Å². The lowest BCUT2D eigenvalue weighted by Crippen LogP contribution is -1.99. The van der Waals surface area contributed by atoms with Gasteiger partial charge in [0, 0.05) is 16.8 Å². The van der Waals surface area contributed by atoms with E-state index in [0.29, 0.717) is 0 Å². The summed E-state index contributed by atoms with van der Waals surface area (Å²) in [5.41, 5.74) is 4.35. The molecule has 0 amide bonds. The predicted molar refractivity (Wildman–Crippen MR) is 79.2 cm³/mol. The fourth-order valence-electron chi connectivity index (χ4n) is 2.50. The van der Waals surface area contributed by atoms with Crippen LogP contribution in [-0.4, -0.2) is 16.1 Å². The third-order valence-corrected chi connectivity index (χ3v) is 4.58. The molecule has 0 unspecified atom stereocenters. The number of thioether (sulfide) groups is 1. The molecule has 0 aliphatic heterocycles. The van der Waals surface area contributed by atoms with Gasteiger partial charge in [0.05, 0.1) is 0 Å². The number of carboxylic acids is 1. The maximum atomic E-state index is 10.9. The van der Waals surface area contributed by atoms with E-state index < -0.39 is 5.97 Å². The molecule has 0 fully saturated rings. The minimum atomic E-state index is -0.981. The van der Waals surface area contributed by atoms with Gasteiger partial charge in [-0.25, -0.2) is 9.78 Å². The Labute approximate surface area is 122 Å². The average Bonchev–Trinajstić information content (AvgIpc) is 2.93. The second-order valence-corrected chi connectivity index (χ2v) is 5.98. The average molecular weight is 285 g/mol. The molecule has 1 N–H and O–H groups in total. The predicted octanol–water partition coefficient (Wildman–Crippen LogP) is 3.56. The van der Waals surface area contributed by atoms with Crippen LogP contribution >= 0.6 is 11.8 Å². The van der Waals surface area contributed by atoms with Gasteiger partial charge in [0.25, 0.3) is 0 Å². The van der Waals surface area contributed by atoms with Gasteiger partial charge in [-0.15, -0.1) is 11.8 Å². The Morgan fingerprint density at radius 3 is 2.90 bits per heavy atom. The minimum Gasteiger partial charge on any atom is -0.477 e. The van der Waals surface area contributed by atoms with Crippen LogP contribution in [0.15, 0.2) is 41.4 Å². The van der Waals surface area contributed by atoms with Crippen LogP contribution in [0.5, 0.6) is 0 Å². The van der Waals surface area contributed by atoms with Crippen LogP contribution in [0.3, 0.4) is 0 Å². The van der Waals surface area contributed by atoms with Crippen molar-refractivity contribution in [1.82, 2.24) is 4.98 Å². The summed E-state index contributed by atoms with van der Waals surface area (Å²) in [5.74, 6) is -0.124. The lowest BCUT2D eigenvalue weighted by atomic mass is 10.1. The zero-order valence-corrected chi connectivity index (χ0v) is 11.8. The fourth-order valence-corrected chi connectivity index (χ4v) is 3.36. The van der Waals surface area contributed by atoms with Gasteiger partial charge in [-0.3, -0.25) is 0 Å². The Morgan fingerprint density at radius 2 is 2.05 bits per heavy atom. The van der Waals surface area contributed by atoms with Crippen molar-refractivity contribution in [3.8, 4) is 0 Å². The first-order valence-electron chi connectivity index (χ1n) is 6.65. The summed E-state index contributed by atoms with van der Waals surface area (Å²) in [6, 6.07) is 10.2. The van der Waals surface area contributed by atoms with Crippen LogP contribution in [0.2, 0.25) is 0 Å². The molecule has 1 aromatic heterocycles. The molecule has 0 spiro atoms. The zero-order valence-electron chi connectivity index (χ0n) is 11.0. The van der Waals surface area contributed by atoms with Crippen molar-refractivity contribution in [1.29, 1.82) is 0 Å². The largest absolute Gasteiger partial charge is 0.477 e. The van der Waals surface area contributed by atoms with Crippen LogP contribution in [0.1, 0.15) is 33.6 Å². The molecule has 1 heterocycles. The maximum Gasteiger partial charge on any atom is 0.354 e. The first kappa shape index (κ1) is 13.2. The summed E-state index contributed by atoms with van der Waals surface area (Å²) in [6.45, 7) is 0. The monoisotopic (exact) mass is 285 g/mol. The van der Waals surface area contributed by atoms with E-state index in [1.165, 1.54) is 36.0 Å². The number of carbonyl (C=O) groups is 1. The SMILES string of the molecule is O=C(O)c1cc(SCc2ccc3c(c2)CCC3)ccn1. The van der Waals surface area contributed by atoms with Crippen LogP contribution in [0, 0.1) is 0 Å². The van der Waals surface area contributed by atoms with Crippen molar-refractivity contribution in [3.05, 3.63) is 58.9 Å². The maximum absolute atomic E-state index is 10.9. The summed E-state index contributed by atoms with van der Waals surface area (Å²) in [7, 11) is 0. The third-order valence-electron chi connectivity index (χ3n) is 3.52. The Balaban J connectivity index is 1.70. The van der Waals surface area contributed by atoms with E-state index in [1.54, 1.807) is 24.0 Å². The molecule has 0 saturated heterocycles. The smallest absolute Gasteiger partial charge is 0.354 e. The number of pyridine rings is 1. The van der Waals surface area contributed by atoms with E-state index in [4.69, 9.17) is 5.11 Å². The third kappa shape index (κ3) is 2.85. The summed E-state index contributed by atoms with van der Waals surface area (Å²) in [6.07, 6.45) is 5.20. The number of benzene rings is 1. The molecule has 2 aromatic rings. The number of nitrogens with zero attached hydrogens (tertiary/aromatic N) is 1.